The van der Waals surface area contributed by atoms with E-state index in [1.807, 2.05) is 56.3 Å². The van der Waals surface area contributed by atoms with Gasteiger partial charge in [-0.2, -0.15) is 0 Å². The Morgan fingerprint density at radius 3 is 2.32 bits per heavy atom. The molecule has 0 aliphatic rings. The van der Waals surface area contributed by atoms with Gasteiger partial charge in [0.25, 0.3) is 0 Å². The van der Waals surface area contributed by atoms with Crippen LogP contribution in [0.25, 0.3) is 22.4 Å². The number of aromatic hydroxyl groups is 1. The van der Waals surface area contributed by atoms with Crippen molar-refractivity contribution in [1.29, 1.82) is 0 Å². The summed E-state index contributed by atoms with van der Waals surface area (Å²) >= 11 is 6.04. The Morgan fingerprint density at radius 2 is 1.65 bits per heavy atom. The predicted octanol–water partition coefficient (Wildman–Crippen LogP) is 5.95. The number of hydrogen-bond donors (Lipinski definition) is 2. The number of aromatic nitrogens is 2. The van der Waals surface area contributed by atoms with Gasteiger partial charge in [0.2, 0.25) is 5.95 Å². The number of benzene rings is 3. The fourth-order valence-electron chi connectivity index (χ4n) is 3.40. The van der Waals surface area contributed by atoms with Crippen molar-refractivity contribution >= 4 is 17.5 Å². The summed E-state index contributed by atoms with van der Waals surface area (Å²) in [4.78, 5) is 8.73. The number of halogens is 1. The summed E-state index contributed by atoms with van der Waals surface area (Å²) in [5, 5.41) is 11.4. The highest BCUT2D eigenvalue weighted by molar-refractivity contribution is 6.30. The summed E-state index contributed by atoms with van der Waals surface area (Å²) in [6.45, 7) is 4.32. The molecule has 0 amide bonds. The minimum Gasteiger partial charge on any atom is -0.507 e. The number of nitrogen functional groups attached to an aromatic ring is 1. The van der Waals surface area contributed by atoms with E-state index in [1.165, 1.54) is 5.56 Å². The number of phenols is 1. The van der Waals surface area contributed by atoms with E-state index in [2.05, 4.69) is 9.97 Å². The van der Waals surface area contributed by atoms with E-state index in [4.69, 9.17) is 22.1 Å². The van der Waals surface area contributed by atoms with E-state index in [9.17, 15) is 5.11 Å². The first-order chi connectivity index (χ1) is 14.9. The normalized spacial score (nSPS) is 10.8. The molecule has 0 bridgehead atoms. The van der Waals surface area contributed by atoms with E-state index >= 15 is 0 Å². The zero-order valence-electron chi connectivity index (χ0n) is 17.3. The Bertz CT molecular complexity index is 1220. The van der Waals surface area contributed by atoms with Crippen LogP contribution < -0.4 is 10.5 Å². The summed E-state index contributed by atoms with van der Waals surface area (Å²) < 4.78 is 5.85. The van der Waals surface area contributed by atoms with Gasteiger partial charge in [-0.3, -0.25) is 0 Å². The number of anilines is 1. The SMILES string of the molecule is Cc1ccc(COc2ccc(-c3nc(N)nc(C)c3-c3ccc(Cl)cc3)c(O)c2)cc1. The lowest BCUT2D eigenvalue weighted by Gasteiger charge is -2.15. The van der Waals surface area contributed by atoms with Crippen molar-refractivity contribution in [3.8, 4) is 33.9 Å². The van der Waals surface area contributed by atoms with Gasteiger partial charge in [0.1, 0.15) is 18.1 Å². The molecule has 0 radical (unpaired) electrons. The molecule has 0 fully saturated rings. The van der Waals surface area contributed by atoms with Crippen LogP contribution in [0, 0.1) is 13.8 Å². The van der Waals surface area contributed by atoms with Crippen LogP contribution >= 0.6 is 11.6 Å². The Balaban J connectivity index is 1.68. The van der Waals surface area contributed by atoms with E-state index < -0.39 is 0 Å². The first kappa shape index (κ1) is 20.7. The van der Waals surface area contributed by atoms with Gasteiger partial charge in [0.15, 0.2) is 0 Å². The zero-order chi connectivity index (χ0) is 22.0. The van der Waals surface area contributed by atoms with E-state index in [1.54, 1.807) is 24.3 Å². The van der Waals surface area contributed by atoms with Crippen LogP contribution in [0.4, 0.5) is 5.95 Å². The number of ether oxygens (including phenoxy) is 1. The van der Waals surface area contributed by atoms with E-state index in [0.717, 1.165) is 16.7 Å². The maximum atomic E-state index is 10.8. The average Bonchev–Trinajstić information content (AvgIpc) is 2.74. The monoisotopic (exact) mass is 431 g/mol. The third-order valence-electron chi connectivity index (χ3n) is 4.99. The van der Waals surface area contributed by atoms with Gasteiger partial charge >= 0.3 is 0 Å². The molecule has 156 valence electrons. The Kier molecular flexibility index (Phi) is 5.78. The number of nitrogens with zero attached hydrogens (tertiary/aromatic N) is 2. The van der Waals surface area contributed by atoms with E-state index in [0.29, 0.717) is 34.3 Å². The van der Waals surface area contributed by atoms with Crippen molar-refractivity contribution in [2.75, 3.05) is 5.73 Å². The van der Waals surface area contributed by atoms with Crippen LogP contribution in [0.2, 0.25) is 5.02 Å². The van der Waals surface area contributed by atoms with Crippen molar-refractivity contribution in [2.45, 2.75) is 20.5 Å². The van der Waals surface area contributed by atoms with Crippen molar-refractivity contribution in [2.24, 2.45) is 0 Å². The van der Waals surface area contributed by atoms with Gasteiger partial charge in [0, 0.05) is 22.2 Å². The molecule has 3 aromatic carbocycles. The molecule has 5 nitrogen and oxygen atoms in total. The fraction of sp³-hybridized carbons (Fsp3) is 0.120. The summed E-state index contributed by atoms with van der Waals surface area (Å²) in [7, 11) is 0. The van der Waals surface area contributed by atoms with Gasteiger partial charge in [-0.15, -0.1) is 0 Å². The number of phenolic OH excluding ortho intramolecular Hbond substituents is 1. The van der Waals surface area contributed by atoms with Crippen LogP contribution in [0.3, 0.4) is 0 Å². The second-order valence-electron chi connectivity index (χ2n) is 7.35. The number of rotatable bonds is 5. The highest BCUT2D eigenvalue weighted by atomic mass is 35.5. The Morgan fingerprint density at radius 1 is 0.935 bits per heavy atom. The van der Waals surface area contributed by atoms with Crippen LogP contribution in [0.1, 0.15) is 16.8 Å². The molecule has 31 heavy (non-hydrogen) atoms. The number of hydrogen-bond acceptors (Lipinski definition) is 5. The lowest BCUT2D eigenvalue weighted by molar-refractivity contribution is 0.304. The molecule has 0 saturated carbocycles. The molecule has 4 aromatic rings. The molecule has 0 saturated heterocycles. The van der Waals surface area contributed by atoms with Gasteiger partial charge in [-0.25, -0.2) is 9.97 Å². The molecule has 4 rings (SSSR count). The van der Waals surface area contributed by atoms with Gasteiger partial charge in [0.05, 0.1) is 11.4 Å². The third-order valence-corrected chi connectivity index (χ3v) is 5.24. The molecule has 0 spiro atoms. The Labute approximate surface area is 186 Å². The molecule has 6 heteroatoms. The highest BCUT2D eigenvalue weighted by Crippen LogP contribution is 2.39. The van der Waals surface area contributed by atoms with Gasteiger partial charge < -0.3 is 15.6 Å². The van der Waals surface area contributed by atoms with Crippen molar-refractivity contribution in [1.82, 2.24) is 9.97 Å². The summed E-state index contributed by atoms with van der Waals surface area (Å²) in [5.41, 5.74) is 11.7. The third kappa shape index (κ3) is 4.62. The standard InChI is InChI=1S/C25H22ClN3O2/c1-15-3-5-17(6-4-15)14-31-20-11-12-21(22(30)13-20)24-23(16(2)28-25(27)29-24)18-7-9-19(26)10-8-18/h3-13,30H,14H2,1-2H3,(H2,27,28,29). The molecular weight excluding hydrogens is 410 g/mol. The molecule has 1 heterocycles. The van der Waals surface area contributed by atoms with Crippen LogP contribution in [-0.4, -0.2) is 15.1 Å². The largest absolute Gasteiger partial charge is 0.507 e. The second kappa shape index (κ2) is 8.66. The minimum absolute atomic E-state index is 0.0501. The summed E-state index contributed by atoms with van der Waals surface area (Å²) in [6, 6.07) is 20.7. The molecule has 0 atom stereocenters. The molecule has 1 aromatic heterocycles. The number of nitrogens with two attached hydrogens (primary N) is 1. The van der Waals surface area contributed by atoms with Gasteiger partial charge in [-0.05, 0) is 49.2 Å². The predicted molar refractivity (Wildman–Crippen MR) is 124 cm³/mol. The van der Waals surface area contributed by atoms with Gasteiger partial charge in [-0.1, -0.05) is 53.6 Å². The maximum Gasteiger partial charge on any atom is 0.220 e. The quantitative estimate of drug-likeness (QED) is 0.408. The van der Waals surface area contributed by atoms with E-state index in [-0.39, 0.29) is 11.7 Å². The lowest BCUT2D eigenvalue weighted by Crippen LogP contribution is -2.02. The summed E-state index contributed by atoms with van der Waals surface area (Å²) in [5.74, 6) is 0.757. The average molecular weight is 432 g/mol. The van der Waals surface area contributed by atoms with Crippen molar-refractivity contribution in [3.63, 3.8) is 0 Å². The van der Waals surface area contributed by atoms with Crippen LogP contribution in [-0.2, 0) is 6.61 Å². The molecule has 3 N–H and O–H groups in total. The number of aryl methyl sites for hydroxylation is 2. The first-order valence-corrected chi connectivity index (χ1v) is 10.2. The molecule has 0 aliphatic carbocycles. The van der Waals surface area contributed by atoms with Crippen molar-refractivity contribution < 1.29 is 9.84 Å². The molecule has 0 aliphatic heterocycles. The van der Waals surface area contributed by atoms with Crippen LogP contribution in [0.5, 0.6) is 11.5 Å². The first-order valence-electron chi connectivity index (χ1n) is 9.82. The highest BCUT2D eigenvalue weighted by Gasteiger charge is 2.18. The maximum absolute atomic E-state index is 10.8. The summed E-state index contributed by atoms with van der Waals surface area (Å²) in [6.07, 6.45) is 0. The van der Waals surface area contributed by atoms with Crippen molar-refractivity contribution in [3.05, 3.63) is 88.6 Å². The zero-order valence-corrected chi connectivity index (χ0v) is 18.0. The second-order valence-corrected chi connectivity index (χ2v) is 7.79. The Hall–Kier alpha value is -3.57. The van der Waals surface area contributed by atoms with Crippen LogP contribution in [0.15, 0.2) is 66.7 Å². The fourth-order valence-corrected chi connectivity index (χ4v) is 3.53. The lowest BCUT2D eigenvalue weighted by atomic mass is 9.97. The molecule has 0 unspecified atom stereocenters. The molecular formula is C25H22ClN3O2. The smallest absolute Gasteiger partial charge is 0.220 e. The minimum atomic E-state index is 0.0501. The topological polar surface area (TPSA) is 81.3 Å².